The summed E-state index contributed by atoms with van der Waals surface area (Å²) in [6, 6.07) is 11.3. The second-order valence-electron chi connectivity index (χ2n) is 6.08. The van der Waals surface area contributed by atoms with Crippen molar-refractivity contribution in [3.05, 3.63) is 53.6 Å². The maximum absolute atomic E-state index is 12.1. The van der Waals surface area contributed by atoms with Crippen molar-refractivity contribution in [2.75, 3.05) is 20.5 Å². The van der Waals surface area contributed by atoms with Crippen LogP contribution >= 0.6 is 0 Å². The van der Waals surface area contributed by atoms with Crippen molar-refractivity contribution in [2.24, 2.45) is 0 Å². The van der Waals surface area contributed by atoms with Crippen LogP contribution in [0.2, 0.25) is 0 Å². The van der Waals surface area contributed by atoms with E-state index in [9.17, 15) is 13.2 Å². The first-order valence-corrected chi connectivity index (χ1v) is 10.2. The lowest BCUT2D eigenvalue weighted by Crippen LogP contribution is -2.36. The minimum atomic E-state index is -3.24. The Morgan fingerprint density at radius 1 is 1.04 bits per heavy atom. The summed E-state index contributed by atoms with van der Waals surface area (Å²) in [6.45, 7) is 2.15. The quantitative estimate of drug-likeness (QED) is 0.756. The van der Waals surface area contributed by atoms with Gasteiger partial charge in [0.1, 0.15) is 0 Å². The molecule has 2 aromatic rings. The Morgan fingerprint density at radius 3 is 2.22 bits per heavy atom. The topological polar surface area (TPSA) is 93.7 Å². The van der Waals surface area contributed by atoms with Crippen molar-refractivity contribution < 1.29 is 22.7 Å². The number of ether oxygens (including phenoxy) is 2. The van der Waals surface area contributed by atoms with Crippen molar-refractivity contribution in [2.45, 2.75) is 24.4 Å². The average Bonchev–Trinajstić information content (AvgIpc) is 2.65. The molecule has 1 unspecified atom stereocenters. The third-order valence-electron chi connectivity index (χ3n) is 4.06. The monoisotopic (exact) mass is 392 g/mol. The molecule has 0 aromatic heterocycles. The Labute approximate surface area is 159 Å². The summed E-state index contributed by atoms with van der Waals surface area (Å²) in [5, 5.41) is 5.60. The standard InChI is InChI=1S/C19H24N2O5S/c1-13(15-6-8-16(9-7-15)27(4,23)24)21-19(22)20-12-14-5-10-17(25-2)18(11-14)26-3/h5-11,13H,12H2,1-4H3,(H2,20,21,22). The lowest BCUT2D eigenvalue weighted by atomic mass is 10.1. The Morgan fingerprint density at radius 2 is 1.67 bits per heavy atom. The molecular weight excluding hydrogens is 368 g/mol. The van der Waals surface area contributed by atoms with Gasteiger partial charge in [-0.15, -0.1) is 0 Å². The SMILES string of the molecule is COc1ccc(CNC(=O)NC(C)c2ccc(S(C)(=O)=O)cc2)cc1OC. The van der Waals surface area contributed by atoms with Crippen LogP contribution in [-0.2, 0) is 16.4 Å². The fraction of sp³-hybridized carbons (Fsp3) is 0.316. The number of carbonyl (C=O) groups excluding carboxylic acids is 1. The van der Waals surface area contributed by atoms with Crippen LogP contribution in [0.1, 0.15) is 24.1 Å². The highest BCUT2D eigenvalue weighted by Gasteiger charge is 2.12. The van der Waals surface area contributed by atoms with E-state index in [1.807, 2.05) is 13.0 Å². The summed E-state index contributed by atoms with van der Waals surface area (Å²) in [5.41, 5.74) is 1.68. The predicted molar refractivity (Wildman–Crippen MR) is 103 cm³/mol. The number of sulfone groups is 1. The molecule has 0 aliphatic heterocycles. The molecule has 0 radical (unpaired) electrons. The number of amides is 2. The van der Waals surface area contributed by atoms with Crippen molar-refractivity contribution in [3.8, 4) is 11.5 Å². The number of hydrogen-bond acceptors (Lipinski definition) is 5. The van der Waals surface area contributed by atoms with E-state index in [0.717, 1.165) is 17.4 Å². The summed E-state index contributed by atoms with van der Waals surface area (Å²) in [5.74, 6) is 1.22. The summed E-state index contributed by atoms with van der Waals surface area (Å²) in [4.78, 5) is 12.4. The molecule has 0 aliphatic carbocycles. The molecule has 0 fully saturated rings. The largest absolute Gasteiger partial charge is 0.493 e. The molecule has 146 valence electrons. The third kappa shape index (κ3) is 5.62. The van der Waals surface area contributed by atoms with Gasteiger partial charge in [0.25, 0.3) is 0 Å². The normalized spacial score (nSPS) is 12.1. The molecule has 2 rings (SSSR count). The zero-order valence-electron chi connectivity index (χ0n) is 15.8. The molecule has 0 saturated carbocycles. The number of hydrogen-bond donors (Lipinski definition) is 2. The van der Waals surface area contributed by atoms with E-state index in [1.165, 1.54) is 12.1 Å². The fourth-order valence-electron chi connectivity index (χ4n) is 2.51. The summed E-state index contributed by atoms with van der Waals surface area (Å²) >= 11 is 0. The Kier molecular flexibility index (Phi) is 6.68. The molecule has 2 amide bonds. The van der Waals surface area contributed by atoms with E-state index < -0.39 is 9.84 Å². The molecule has 0 saturated heterocycles. The number of benzene rings is 2. The van der Waals surface area contributed by atoms with Gasteiger partial charge in [0.2, 0.25) is 0 Å². The predicted octanol–water partition coefficient (Wildman–Crippen LogP) is 2.67. The van der Waals surface area contributed by atoms with Gasteiger partial charge in [0, 0.05) is 12.8 Å². The number of nitrogens with one attached hydrogen (secondary N) is 2. The first-order chi connectivity index (χ1) is 12.7. The Bertz CT molecular complexity index is 895. The molecular formula is C19H24N2O5S. The van der Waals surface area contributed by atoms with Gasteiger partial charge in [0.05, 0.1) is 25.2 Å². The van der Waals surface area contributed by atoms with Gasteiger partial charge < -0.3 is 20.1 Å². The molecule has 0 aliphatic rings. The van der Waals surface area contributed by atoms with Crippen LogP contribution in [0.3, 0.4) is 0 Å². The first kappa shape index (κ1) is 20.6. The number of methoxy groups -OCH3 is 2. The van der Waals surface area contributed by atoms with E-state index in [1.54, 1.807) is 38.5 Å². The van der Waals surface area contributed by atoms with Gasteiger partial charge in [-0.25, -0.2) is 13.2 Å². The molecule has 0 bridgehead atoms. The minimum Gasteiger partial charge on any atom is -0.493 e. The van der Waals surface area contributed by atoms with Gasteiger partial charge in [-0.05, 0) is 42.3 Å². The highest BCUT2D eigenvalue weighted by molar-refractivity contribution is 7.90. The molecule has 0 spiro atoms. The highest BCUT2D eigenvalue weighted by atomic mass is 32.2. The smallest absolute Gasteiger partial charge is 0.315 e. The lowest BCUT2D eigenvalue weighted by Gasteiger charge is -2.16. The number of carbonyl (C=O) groups is 1. The first-order valence-electron chi connectivity index (χ1n) is 8.30. The van der Waals surface area contributed by atoms with Crippen LogP contribution in [-0.4, -0.2) is 34.9 Å². The van der Waals surface area contributed by atoms with Gasteiger partial charge in [0.15, 0.2) is 21.3 Å². The number of rotatable bonds is 7. The molecule has 27 heavy (non-hydrogen) atoms. The highest BCUT2D eigenvalue weighted by Crippen LogP contribution is 2.27. The molecule has 8 heteroatoms. The van der Waals surface area contributed by atoms with E-state index in [2.05, 4.69) is 10.6 Å². The summed E-state index contributed by atoms with van der Waals surface area (Å²) in [6.07, 6.45) is 1.16. The maximum Gasteiger partial charge on any atom is 0.315 e. The average molecular weight is 392 g/mol. The van der Waals surface area contributed by atoms with Gasteiger partial charge in [-0.3, -0.25) is 0 Å². The number of urea groups is 1. The second-order valence-corrected chi connectivity index (χ2v) is 8.09. The van der Waals surface area contributed by atoms with Crippen LogP contribution in [0.15, 0.2) is 47.4 Å². The van der Waals surface area contributed by atoms with Crippen molar-refractivity contribution in [1.82, 2.24) is 10.6 Å². The molecule has 0 heterocycles. The second kappa shape index (κ2) is 8.77. The van der Waals surface area contributed by atoms with Gasteiger partial charge in [-0.1, -0.05) is 18.2 Å². The van der Waals surface area contributed by atoms with E-state index in [4.69, 9.17) is 9.47 Å². The molecule has 1 atom stereocenters. The van der Waals surface area contributed by atoms with Crippen LogP contribution in [0.25, 0.3) is 0 Å². The fourth-order valence-corrected chi connectivity index (χ4v) is 3.14. The third-order valence-corrected chi connectivity index (χ3v) is 5.19. The van der Waals surface area contributed by atoms with Gasteiger partial charge >= 0.3 is 6.03 Å². The molecule has 7 nitrogen and oxygen atoms in total. The lowest BCUT2D eigenvalue weighted by molar-refractivity contribution is 0.237. The Balaban J connectivity index is 1.93. The van der Waals surface area contributed by atoms with Crippen molar-refractivity contribution in [3.63, 3.8) is 0 Å². The minimum absolute atomic E-state index is 0.247. The Hall–Kier alpha value is -2.74. The van der Waals surface area contributed by atoms with Gasteiger partial charge in [-0.2, -0.15) is 0 Å². The van der Waals surface area contributed by atoms with Crippen LogP contribution in [0, 0.1) is 0 Å². The van der Waals surface area contributed by atoms with Crippen LogP contribution < -0.4 is 20.1 Å². The summed E-state index contributed by atoms with van der Waals surface area (Å²) < 4.78 is 33.4. The zero-order chi connectivity index (χ0) is 20.0. The zero-order valence-corrected chi connectivity index (χ0v) is 16.6. The maximum atomic E-state index is 12.1. The molecule has 2 aromatic carbocycles. The van der Waals surface area contributed by atoms with Crippen LogP contribution in [0.4, 0.5) is 4.79 Å². The molecule has 2 N–H and O–H groups in total. The van der Waals surface area contributed by atoms with Crippen molar-refractivity contribution >= 4 is 15.9 Å². The van der Waals surface area contributed by atoms with E-state index >= 15 is 0 Å². The van der Waals surface area contributed by atoms with E-state index in [-0.39, 0.29) is 17.0 Å². The van der Waals surface area contributed by atoms with E-state index in [0.29, 0.717) is 18.0 Å². The van der Waals surface area contributed by atoms with Crippen LogP contribution in [0.5, 0.6) is 11.5 Å². The summed E-state index contributed by atoms with van der Waals surface area (Å²) in [7, 11) is -0.121. The van der Waals surface area contributed by atoms with Crippen molar-refractivity contribution in [1.29, 1.82) is 0 Å².